The monoisotopic (exact) mass is 461 g/mol. The Morgan fingerprint density at radius 3 is 2.32 bits per heavy atom. The molecule has 1 amide bonds. The molecule has 0 aliphatic carbocycles. The van der Waals surface area contributed by atoms with Crippen LogP contribution in [0.15, 0.2) is 65.3 Å². The quantitative estimate of drug-likeness (QED) is 0.396. The first kappa shape index (κ1) is 23.0. The normalized spacial score (nSPS) is 10.7. The van der Waals surface area contributed by atoms with E-state index in [2.05, 4.69) is 5.32 Å². The lowest BCUT2D eigenvalue weighted by molar-refractivity contribution is 0.0995. The molecule has 0 saturated carbocycles. The topological polar surface area (TPSA) is 87.8 Å². The summed E-state index contributed by atoms with van der Waals surface area (Å²) in [4.78, 5) is 17.4. The fourth-order valence-corrected chi connectivity index (χ4v) is 3.75. The summed E-state index contributed by atoms with van der Waals surface area (Å²) >= 11 is 0. The Kier molecular flexibility index (Phi) is 6.87. The minimum atomic E-state index is -0.355. The first-order valence-electron chi connectivity index (χ1n) is 10.8. The zero-order valence-electron chi connectivity index (χ0n) is 19.6. The van der Waals surface area contributed by atoms with Crippen LogP contribution in [0.2, 0.25) is 0 Å². The van der Waals surface area contributed by atoms with E-state index in [1.54, 1.807) is 33.5 Å². The summed E-state index contributed by atoms with van der Waals surface area (Å²) in [5.74, 6) is 2.43. The number of furan rings is 1. The number of nitrogens with zero attached hydrogens (tertiary/aromatic N) is 2. The molecule has 34 heavy (non-hydrogen) atoms. The van der Waals surface area contributed by atoms with Gasteiger partial charge in [-0.25, -0.2) is 4.98 Å². The molecule has 8 heteroatoms. The molecule has 0 fully saturated rings. The van der Waals surface area contributed by atoms with Crippen molar-refractivity contribution in [3.8, 4) is 17.2 Å². The summed E-state index contributed by atoms with van der Waals surface area (Å²) in [5.41, 5.74) is 3.94. The maximum Gasteiger partial charge on any atom is 0.293 e. The van der Waals surface area contributed by atoms with Gasteiger partial charge < -0.3 is 23.2 Å². The number of aromatic nitrogens is 2. The summed E-state index contributed by atoms with van der Waals surface area (Å²) in [7, 11) is 6.75. The number of rotatable bonds is 9. The summed E-state index contributed by atoms with van der Waals surface area (Å²) < 4.78 is 23.2. The third kappa shape index (κ3) is 4.91. The molecular formula is C26H27N3O5. The van der Waals surface area contributed by atoms with Crippen LogP contribution < -0.4 is 19.5 Å². The van der Waals surface area contributed by atoms with E-state index in [9.17, 15) is 4.79 Å². The Balaban J connectivity index is 1.68. The highest BCUT2D eigenvalue weighted by molar-refractivity contribution is 6.01. The van der Waals surface area contributed by atoms with E-state index < -0.39 is 0 Å². The number of carbonyl (C=O) groups excluding carboxylic acids is 1. The number of imidazole rings is 1. The smallest absolute Gasteiger partial charge is 0.293 e. The van der Waals surface area contributed by atoms with Gasteiger partial charge in [0.05, 0.1) is 33.3 Å². The van der Waals surface area contributed by atoms with Gasteiger partial charge in [-0.1, -0.05) is 18.2 Å². The van der Waals surface area contributed by atoms with Gasteiger partial charge in [0.25, 0.3) is 5.91 Å². The Morgan fingerprint density at radius 1 is 0.941 bits per heavy atom. The lowest BCUT2D eigenvalue weighted by atomic mass is 10.0. The molecule has 176 valence electrons. The average molecular weight is 462 g/mol. The molecule has 2 heterocycles. The highest BCUT2D eigenvalue weighted by atomic mass is 16.5. The highest BCUT2D eigenvalue weighted by Crippen LogP contribution is 2.30. The number of ether oxygens (including phenoxy) is 3. The molecule has 0 saturated heterocycles. The van der Waals surface area contributed by atoms with Crippen molar-refractivity contribution in [3.63, 3.8) is 0 Å². The second-order valence-corrected chi connectivity index (χ2v) is 7.71. The maximum absolute atomic E-state index is 12.6. The molecule has 4 aromatic rings. The molecule has 0 aliphatic rings. The molecule has 2 aromatic heterocycles. The van der Waals surface area contributed by atoms with Gasteiger partial charge in [-0.3, -0.25) is 10.1 Å². The van der Waals surface area contributed by atoms with Crippen molar-refractivity contribution >= 4 is 11.9 Å². The number of hydrogen-bond donors (Lipinski definition) is 1. The van der Waals surface area contributed by atoms with Crippen molar-refractivity contribution in [2.24, 2.45) is 7.05 Å². The van der Waals surface area contributed by atoms with Crippen molar-refractivity contribution < 1.29 is 23.4 Å². The standard InChI is InChI=1S/C26H27N3O5/c1-29-21(15-18-9-12-22(32-3)24(16-18)33-4)20(14-17-7-10-19(31-2)11-8-17)27-26(29)28-25(30)23-6-5-13-34-23/h5-13,16H,14-15H2,1-4H3,(H,27,28,30). The van der Waals surface area contributed by atoms with E-state index in [0.717, 1.165) is 28.3 Å². The van der Waals surface area contributed by atoms with E-state index >= 15 is 0 Å². The molecule has 8 nitrogen and oxygen atoms in total. The van der Waals surface area contributed by atoms with E-state index in [1.165, 1.54) is 6.26 Å². The van der Waals surface area contributed by atoms with E-state index in [1.807, 2.05) is 54.1 Å². The van der Waals surface area contributed by atoms with Gasteiger partial charge in [-0.15, -0.1) is 0 Å². The zero-order valence-corrected chi connectivity index (χ0v) is 19.6. The average Bonchev–Trinajstić information content (AvgIpc) is 3.50. The fourth-order valence-electron chi connectivity index (χ4n) is 3.75. The molecule has 1 N–H and O–H groups in total. The lowest BCUT2D eigenvalue weighted by Crippen LogP contribution is -2.15. The molecule has 0 aliphatic heterocycles. The van der Waals surface area contributed by atoms with Crippen LogP contribution in [0.3, 0.4) is 0 Å². The van der Waals surface area contributed by atoms with Crippen molar-refractivity contribution in [1.82, 2.24) is 9.55 Å². The number of nitrogens with one attached hydrogen (secondary N) is 1. The van der Waals surface area contributed by atoms with Gasteiger partial charge in [0.1, 0.15) is 5.75 Å². The predicted molar refractivity (Wildman–Crippen MR) is 128 cm³/mol. The molecule has 0 spiro atoms. The van der Waals surface area contributed by atoms with E-state index in [4.69, 9.17) is 23.6 Å². The van der Waals surface area contributed by atoms with Gasteiger partial charge in [-0.2, -0.15) is 0 Å². The first-order chi connectivity index (χ1) is 16.5. The third-order valence-electron chi connectivity index (χ3n) is 5.62. The van der Waals surface area contributed by atoms with Gasteiger partial charge in [0.15, 0.2) is 17.3 Å². The van der Waals surface area contributed by atoms with Crippen molar-refractivity contribution in [2.45, 2.75) is 12.8 Å². The van der Waals surface area contributed by atoms with Crippen molar-refractivity contribution in [2.75, 3.05) is 26.6 Å². The van der Waals surface area contributed by atoms with Crippen LogP contribution in [0.1, 0.15) is 33.1 Å². The first-order valence-corrected chi connectivity index (χ1v) is 10.8. The summed E-state index contributed by atoms with van der Waals surface area (Å²) in [6.45, 7) is 0. The van der Waals surface area contributed by atoms with E-state index in [-0.39, 0.29) is 11.7 Å². The van der Waals surface area contributed by atoms with Crippen LogP contribution in [-0.2, 0) is 19.9 Å². The summed E-state index contributed by atoms with van der Waals surface area (Å²) in [6, 6.07) is 17.0. The number of benzene rings is 2. The van der Waals surface area contributed by atoms with Crippen LogP contribution in [0.5, 0.6) is 17.2 Å². The van der Waals surface area contributed by atoms with Crippen LogP contribution in [0.25, 0.3) is 0 Å². The predicted octanol–water partition coefficient (Wildman–Crippen LogP) is 4.47. The SMILES string of the molecule is COc1ccc(Cc2nc(NC(=O)c3ccco3)n(C)c2Cc2ccc(OC)c(OC)c2)cc1. The van der Waals surface area contributed by atoms with Crippen LogP contribution in [0, 0.1) is 0 Å². The molecule has 4 rings (SSSR count). The molecule has 0 atom stereocenters. The van der Waals surface area contributed by atoms with Gasteiger partial charge in [0, 0.05) is 25.6 Å². The molecular weight excluding hydrogens is 434 g/mol. The highest BCUT2D eigenvalue weighted by Gasteiger charge is 2.19. The van der Waals surface area contributed by atoms with E-state index in [0.29, 0.717) is 30.3 Å². The Bertz CT molecular complexity index is 1260. The molecule has 0 bridgehead atoms. The van der Waals surface area contributed by atoms with Crippen molar-refractivity contribution in [3.05, 3.63) is 89.1 Å². The molecule has 2 aromatic carbocycles. The molecule has 0 radical (unpaired) electrons. The minimum Gasteiger partial charge on any atom is -0.497 e. The van der Waals surface area contributed by atoms with Gasteiger partial charge in [0.2, 0.25) is 5.95 Å². The molecule has 0 unspecified atom stereocenters. The number of carbonyl (C=O) groups is 1. The number of methoxy groups -OCH3 is 3. The van der Waals surface area contributed by atoms with Crippen LogP contribution in [0.4, 0.5) is 5.95 Å². The second kappa shape index (κ2) is 10.2. The largest absolute Gasteiger partial charge is 0.497 e. The Hall–Kier alpha value is -4.20. The zero-order chi connectivity index (χ0) is 24.1. The maximum atomic E-state index is 12.6. The number of hydrogen-bond acceptors (Lipinski definition) is 6. The number of anilines is 1. The van der Waals surface area contributed by atoms with Gasteiger partial charge >= 0.3 is 0 Å². The second-order valence-electron chi connectivity index (χ2n) is 7.71. The van der Waals surface area contributed by atoms with Gasteiger partial charge in [-0.05, 0) is 47.5 Å². The lowest BCUT2D eigenvalue weighted by Gasteiger charge is -2.12. The van der Waals surface area contributed by atoms with Crippen LogP contribution >= 0.6 is 0 Å². The Labute approximate surface area is 198 Å². The van der Waals surface area contributed by atoms with Crippen molar-refractivity contribution in [1.29, 1.82) is 0 Å². The van der Waals surface area contributed by atoms with Crippen LogP contribution in [-0.4, -0.2) is 36.8 Å². The summed E-state index contributed by atoms with van der Waals surface area (Å²) in [5, 5.41) is 2.86. The summed E-state index contributed by atoms with van der Waals surface area (Å²) in [6.07, 6.45) is 2.65. The number of amides is 1. The third-order valence-corrected chi connectivity index (χ3v) is 5.62. The minimum absolute atomic E-state index is 0.223. The Morgan fingerprint density at radius 2 is 1.68 bits per heavy atom. The fraction of sp³-hybridized carbons (Fsp3) is 0.231.